The largest absolute Gasteiger partial charge is 0.568 e. The highest BCUT2D eigenvalue weighted by atomic mass is 17.0. The molecule has 0 aliphatic carbocycles. The first-order valence-electron chi connectivity index (χ1n) is 2.31. The molecule has 0 saturated heterocycles. The normalized spacial score (nSPS) is 10.8. The highest BCUT2D eigenvalue weighted by Gasteiger charge is 1.98. The number of nitrogens with zero attached hydrogens (tertiary/aromatic N) is 1. The third-order valence-electron chi connectivity index (χ3n) is 0.581. The maximum Gasteiger partial charge on any atom is 0.568 e. The van der Waals surface area contributed by atoms with Crippen LogP contribution in [0.2, 0.25) is 0 Å². The van der Waals surface area contributed by atoms with Gasteiger partial charge >= 0.3 is 5.82 Å². The maximum atomic E-state index is 9.88. The molecule has 0 fully saturated rings. The van der Waals surface area contributed by atoms with Crippen molar-refractivity contribution >= 4 is 0 Å². The summed E-state index contributed by atoms with van der Waals surface area (Å²) in [7, 11) is 0. The molecule has 1 rings (SSSR count). The van der Waals surface area contributed by atoms with Crippen LogP contribution in [0.4, 0.5) is 0 Å². The number of hydrogen-bond acceptors (Lipinski definition) is 4. The first-order chi connectivity index (χ1) is 4.33. The van der Waals surface area contributed by atoms with Crippen molar-refractivity contribution in [2.45, 2.75) is 6.92 Å². The second-order valence-electron chi connectivity index (χ2n) is 1.23. The van der Waals surface area contributed by atoms with Gasteiger partial charge in [0.1, 0.15) is 6.26 Å². The summed E-state index contributed by atoms with van der Waals surface area (Å²) in [6.07, 6.45) is 2.93. The molecule has 50 valence electrons. The van der Waals surface area contributed by atoms with Crippen molar-refractivity contribution in [2.75, 3.05) is 0 Å². The summed E-state index contributed by atoms with van der Waals surface area (Å²) in [5, 5.41) is 0.600. The smallest absolute Gasteiger partial charge is 0.326 e. The van der Waals surface area contributed by atoms with Gasteiger partial charge in [-0.3, -0.25) is 0 Å². The van der Waals surface area contributed by atoms with Crippen molar-refractivity contribution < 1.29 is 13.9 Å². The summed E-state index contributed by atoms with van der Waals surface area (Å²) in [4.78, 5) is 14.4. The molecule has 0 atom stereocenters. The molecule has 1 aromatic heterocycles. The van der Waals surface area contributed by atoms with Crippen LogP contribution >= 0.6 is 0 Å². The van der Waals surface area contributed by atoms with Gasteiger partial charge in [0, 0.05) is 0 Å². The third kappa shape index (κ3) is 1.25. The van der Waals surface area contributed by atoms with Crippen LogP contribution in [0.5, 0.6) is 0 Å². The molecule has 1 heterocycles. The fraction of sp³-hybridized carbons (Fsp3) is 0.250. The molecule has 0 saturated carbocycles. The quantitative estimate of drug-likeness (QED) is 0.530. The number of hydrogen-bond donors (Lipinski definition) is 0. The van der Waals surface area contributed by atoms with Crippen molar-refractivity contribution in [2.24, 2.45) is 0 Å². The van der Waals surface area contributed by atoms with E-state index < -0.39 is 5.82 Å². The fourth-order valence-electron chi connectivity index (χ4n) is 0.282. The summed E-state index contributed by atoms with van der Waals surface area (Å²) in [5.41, 5.74) is 0. The Bertz CT molecular complexity index is 224. The predicted octanol–water partition coefficient (Wildman–Crippen LogP) is -0.00350. The van der Waals surface area contributed by atoms with Crippen molar-refractivity contribution in [3.63, 3.8) is 0 Å². The molecular weight excluding hydrogens is 126 g/mol. The Morgan fingerprint density at radius 3 is 2.78 bits per heavy atom. The van der Waals surface area contributed by atoms with Gasteiger partial charge in [-0.15, -0.1) is 0 Å². The fourth-order valence-corrected chi connectivity index (χ4v) is 0.282. The number of rotatable bonds is 2. The minimum absolute atomic E-state index is 0.600. The van der Waals surface area contributed by atoms with Gasteiger partial charge < -0.3 is 4.84 Å². The van der Waals surface area contributed by atoms with E-state index in [0.29, 0.717) is 5.08 Å². The van der Waals surface area contributed by atoms with Gasteiger partial charge in [-0.05, 0) is 13.0 Å². The van der Waals surface area contributed by atoms with Crippen LogP contribution in [-0.2, 0) is 0 Å². The second kappa shape index (κ2) is 2.25. The molecule has 1 aromatic rings. The minimum Gasteiger partial charge on any atom is -0.326 e. The van der Waals surface area contributed by atoms with Crippen LogP contribution in [0.3, 0.4) is 0 Å². The van der Waals surface area contributed by atoms with Crippen molar-refractivity contribution in [1.82, 2.24) is 5.08 Å². The van der Waals surface area contributed by atoms with Gasteiger partial charge in [0.05, 0.1) is 0 Å². The molecular formula is C4H5NO4. The Morgan fingerprint density at radius 2 is 2.33 bits per heavy atom. The molecule has 0 bridgehead atoms. The van der Waals surface area contributed by atoms with Crippen LogP contribution in [0.25, 0.3) is 0 Å². The molecule has 0 aliphatic rings. The van der Waals surface area contributed by atoms with Gasteiger partial charge in [0.2, 0.25) is 0 Å². The van der Waals surface area contributed by atoms with Gasteiger partial charge in [-0.25, -0.2) is 9.05 Å². The van der Waals surface area contributed by atoms with Crippen LogP contribution < -0.4 is 10.7 Å². The van der Waals surface area contributed by atoms with Gasteiger partial charge in [0.15, 0.2) is 5.08 Å². The molecule has 0 spiro atoms. The predicted molar refractivity (Wildman–Crippen MR) is 26.6 cm³/mol. The van der Waals surface area contributed by atoms with E-state index in [9.17, 15) is 4.79 Å². The summed E-state index contributed by atoms with van der Waals surface area (Å²) in [6.45, 7) is 1.75. The topological polar surface area (TPSA) is 57.5 Å². The highest BCUT2D eigenvalue weighted by molar-refractivity contribution is 4.63. The van der Waals surface area contributed by atoms with Gasteiger partial charge in [0.25, 0.3) is 0 Å². The summed E-state index contributed by atoms with van der Waals surface area (Å²) in [5.74, 6) is -0.764. The number of aromatic nitrogens is 1. The van der Waals surface area contributed by atoms with Gasteiger partial charge in [-0.2, -0.15) is 4.79 Å². The Hall–Kier alpha value is -1.39. The lowest BCUT2D eigenvalue weighted by Gasteiger charge is -1.96. The van der Waals surface area contributed by atoms with Crippen molar-refractivity contribution in [1.29, 1.82) is 0 Å². The molecule has 0 aromatic carbocycles. The molecule has 5 heteroatoms. The van der Waals surface area contributed by atoms with E-state index >= 15 is 0 Å². The zero-order valence-corrected chi connectivity index (χ0v) is 4.73. The molecule has 0 amide bonds. The highest BCUT2D eigenvalue weighted by Crippen LogP contribution is 1.77. The molecule has 0 N–H and O–H groups in total. The van der Waals surface area contributed by atoms with E-state index in [1.807, 2.05) is 0 Å². The van der Waals surface area contributed by atoms with E-state index in [-0.39, 0.29) is 0 Å². The molecule has 5 nitrogen and oxygen atoms in total. The lowest BCUT2D eigenvalue weighted by molar-refractivity contribution is -0.212. The van der Waals surface area contributed by atoms with Crippen LogP contribution in [-0.4, -0.2) is 5.08 Å². The summed E-state index contributed by atoms with van der Waals surface area (Å²) < 4.78 is 8.28. The third-order valence-corrected chi connectivity index (χ3v) is 0.581. The first-order valence-corrected chi connectivity index (χ1v) is 2.31. The Labute approximate surface area is 50.0 Å². The molecule has 0 radical (unpaired) electrons. The average Bonchev–Trinajstić information content (AvgIpc) is 1.78. The molecule has 9 heavy (non-hydrogen) atoms. The zero-order chi connectivity index (χ0) is 6.69. The Balaban J connectivity index is 2.44. The average molecular weight is 131 g/mol. The Kier molecular flexibility index (Phi) is 1.44. The second-order valence-corrected chi connectivity index (χ2v) is 1.23. The number of allylic oxidation sites excluding steroid dienone is 1. The van der Waals surface area contributed by atoms with E-state index in [4.69, 9.17) is 0 Å². The lowest BCUT2D eigenvalue weighted by Crippen LogP contribution is -2.20. The van der Waals surface area contributed by atoms with E-state index in [0.717, 1.165) is 0 Å². The standard InChI is InChI=1S/C4H5NO4/c1-2-3-7-5-8-4(6)9-5/h2-3H,1H3. The van der Waals surface area contributed by atoms with E-state index in [1.54, 1.807) is 13.0 Å². The van der Waals surface area contributed by atoms with Gasteiger partial charge in [-0.1, -0.05) is 0 Å². The zero-order valence-electron chi connectivity index (χ0n) is 4.73. The minimum atomic E-state index is -0.764. The molecule has 0 unspecified atom stereocenters. The van der Waals surface area contributed by atoms with Crippen molar-refractivity contribution in [3.8, 4) is 0 Å². The SMILES string of the molecule is CC=COn1oc(=O)o1. The van der Waals surface area contributed by atoms with E-state index in [1.165, 1.54) is 6.26 Å². The summed E-state index contributed by atoms with van der Waals surface area (Å²) in [6, 6.07) is 0. The monoisotopic (exact) mass is 131 g/mol. The summed E-state index contributed by atoms with van der Waals surface area (Å²) >= 11 is 0. The van der Waals surface area contributed by atoms with Crippen LogP contribution in [0.1, 0.15) is 6.92 Å². The maximum absolute atomic E-state index is 9.88. The van der Waals surface area contributed by atoms with Crippen LogP contribution in [0, 0.1) is 0 Å². The van der Waals surface area contributed by atoms with Crippen LogP contribution in [0.15, 0.2) is 26.2 Å². The first kappa shape index (κ1) is 5.74. The lowest BCUT2D eigenvalue weighted by atomic mass is 10.7. The van der Waals surface area contributed by atoms with Crippen molar-refractivity contribution in [3.05, 3.63) is 23.0 Å². The van der Waals surface area contributed by atoms with E-state index in [2.05, 4.69) is 13.9 Å². The molecule has 0 aliphatic heterocycles. The Morgan fingerprint density at radius 1 is 1.67 bits per heavy atom.